The topological polar surface area (TPSA) is 50.2 Å². The van der Waals surface area contributed by atoms with E-state index >= 15 is 0 Å². The number of halogens is 3. The molecule has 1 aromatic heterocycles. The molecule has 4 nitrogen and oxygen atoms in total. The van der Waals surface area contributed by atoms with E-state index in [1.54, 1.807) is 36.5 Å². The maximum atomic E-state index is 13.0. The zero-order valence-corrected chi connectivity index (χ0v) is 15.9. The summed E-state index contributed by atoms with van der Waals surface area (Å²) in [5.74, 6) is 0.696. The fraction of sp³-hybridized carbons (Fsp3) is 0. The molecule has 0 saturated heterocycles. The van der Waals surface area contributed by atoms with Crippen molar-refractivity contribution < 1.29 is 4.39 Å². The first-order valence-electron chi connectivity index (χ1n) is 8.37. The van der Waals surface area contributed by atoms with Gasteiger partial charge in [-0.05, 0) is 48.0 Å². The normalized spacial score (nSPS) is 11.2. The quantitative estimate of drug-likeness (QED) is 0.322. The zero-order valence-electron chi connectivity index (χ0n) is 14.4. The number of rotatable bonds is 4. The monoisotopic (exact) mass is 410 g/mol. The lowest BCUT2D eigenvalue weighted by atomic mass is 10.2. The highest BCUT2D eigenvalue weighted by atomic mass is 35.5. The zero-order chi connectivity index (χ0) is 19.5. The molecule has 0 bridgehead atoms. The Kier molecular flexibility index (Phi) is 5.19. The molecule has 0 radical (unpaired) electrons. The molecule has 4 rings (SSSR count). The van der Waals surface area contributed by atoms with Crippen molar-refractivity contribution in [3.05, 3.63) is 88.2 Å². The van der Waals surface area contributed by atoms with Crippen molar-refractivity contribution in [1.82, 2.24) is 9.97 Å². The van der Waals surface area contributed by atoms with Gasteiger partial charge in [-0.1, -0.05) is 47.5 Å². The van der Waals surface area contributed by atoms with Crippen LogP contribution in [0.25, 0.3) is 22.3 Å². The fourth-order valence-corrected chi connectivity index (χ4v) is 3.16. The first kappa shape index (κ1) is 18.3. The molecule has 0 aliphatic carbocycles. The van der Waals surface area contributed by atoms with Crippen molar-refractivity contribution in [3.8, 4) is 11.4 Å². The van der Waals surface area contributed by atoms with Gasteiger partial charge in [-0.25, -0.2) is 14.4 Å². The Morgan fingerprint density at radius 2 is 1.71 bits per heavy atom. The Hall–Kier alpha value is -3.02. The van der Waals surface area contributed by atoms with Gasteiger partial charge in [0.15, 0.2) is 11.6 Å². The average Bonchev–Trinajstić information content (AvgIpc) is 2.69. The highest BCUT2D eigenvalue weighted by Gasteiger charge is 2.12. The molecular formula is C21H13Cl2FN4. The van der Waals surface area contributed by atoms with Crippen LogP contribution >= 0.6 is 23.2 Å². The van der Waals surface area contributed by atoms with Crippen LogP contribution in [0.3, 0.4) is 0 Å². The van der Waals surface area contributed by atoms with Crippen molar-refractivity contribution in [2.75, 3.05) is 5.43 Å². The van der Waals surface area contributed by atoms with Gasteiger partial charge in [0.05, 0.1) is 16.8 Å². The minimum absolute atomic E-state index is 0.295. The Labute approximate surface area is 170 Å². The smallest absolute Gasteiger partial charge is 0.163 e. The van der Waals surface area contributed by atoms with E-state index in [1.165, 1.54) is 12.1 Å². The average molecular weight is 411 g/mol. The summed E-state index contributed by atoms with van der Waals surface area (Å²) in [7, 11) is 0. The summed E-state index contributed by atoms with van der Waals surface area (Å²) in [5, 5.41) is 6.03. The third-order valence-corrected chi connectivity index (χ3v) is 4.58. The molecule has 0 atom stereocenters. The molecular weight excluding hydrogens is 398 g/mol. The first-order valence-corrected chi connectivity index (χ1v) is 9.12. The maximum Gasteiger partial charge on any atom is 0.163 e. The van der Waals surface area contributed by atoms with Crippen molar-refractivity contribution in [2.24, 2.45) is 5.10 Å². The molecule has 1 heterocycles. The minimum atomic E-state index is -0.295. The van der Waals surface area contributed by atoms with Gasteiger partial charge >= 0.3 is 0 Å². The van der Waals surface area contributed by atoms with Crippen LogP contribution in [0, 0.1) is 5.82 Å². The second kappa shape index (κ2) is 7.92. The molecule has 7 heteroatoms. The van der Waals surface area contributed by atoms with Crippen LogP contribution in [0.5, 0.6) is 0 Å². The van der Waals surface area contributed by atoms with Crippen molar-refractivity contribution in [2.45, 2.75) is 0 Å². The third kappa shape index (κ3) is 3.96. The summed E-state index contributed by atoms with van der Waals surface area (Å²) in [4.78, 5) is 9.18. The number of hydrazone groups is 1. The Morgan fingerprint density at radius 3 is 2.50 bits per heavy atom. The van der Waals surface area contributed by atoms with E-state index in [0.29, 0.717) is 27.3 Å². The summed E-state index contributed by atoms with van der Waals surface area (Å²) >= 11 is 12.3. The van der Waals surface area contributed by atoms with Gasteiger partial charge < -0.3 is 0 Å². The summed E-state index contributed by atoms with van der Waals surface area (Å²) in [6.07, 6.45) is 1.59. The number of hydrogen-bond donors (Lipinski definition) is 1. The Bertz CT molecular complexity index is 1180. The molecule has 28 heavy (non-hydrogen) atoms. The van der Waals surface area contributed by atoms with E-state index in [9.17, 15) is 4.39 Å². The van der Waals surface area contributed by atoms with E-state index in [4.69, 9.17) is 23.2 Å². The Balaban J connectivity index is 1.73. The predicted molar refractivity (Wildman–Crippen MR) is 113 cm³/mol. The molecule has 4 aromatic rings. The van der Waals surface area contributed by atoms with Gasteiger partial charge in [0, 0.05) is 16.0 Å². The number of benzene rings is 3. The molecule has 0 amide bonds. The number of para-hydroxylation sites is 1. The minimum Gasteiger partial charge on any atom is -0.261 e. The molecule has 138 valence electrons. The van der Waals surface area contributed by atoms with Crippen LogP contribution < -0.4 is 5.43 Å². The van der Waals surface area contributed by atoms with Crippen LogP contribution in [0.15, 0.2) is 71.8 Å². The number of fused-ring (bicyclic) bond motifs is 1. The summed E-state index contributed by atoms with van der Waals surface area (Å²) in [6, 6.07) is 18.8. The standard InChI is InChI=1S/C21H13Cl2FN4/c22-14-7-10-16(18(23)11-14)20-26-19-4-2-1-3-17(19)21(27-20)28-25-12-13-5-8-15(24)9-6-13/h1-12H,(H,26,27,28)/b25-12+. The second-order valence-corrected chi connectivity index (χ2v) is 6.80. The molecule has 0 unspecified atom stereocenters. The van der Waals surface area contributed by atoms with Crippen LogP contribution in [-0.4, -0.2) is 16.2 Å². The molecule has 0 saturated carbocycles. The second-order valence-electron chi connectivity index (χ2n) is 5.96. The van der Waals surface area contributed by atoms with E-state index in [2.05, 4.69) is 20.5 Å². The number of anilines is 1. The van der Waals surface area contributed by atoms with Gasteiger partial charge in [0.2, 0.25) is 0 Å². The van der Waals surface area contributed by atoms with Crippen LogP contribution in [0.1, 0.15) is 5.56 Å². The van der Waals surface area contributed by atoms with Crippen molar-refractivity contribution >= 4 is 46.1 Å². The van der Waals surface area contributed by atoms with Gasteiger partial charge in [-0.15, -0.1) is 0 Å². The molecule has 0 aliphatic heterocycles. The fourth-order valence-electron chi connectivity index (χ4n) is 2.67. The summed E-state index contributed by atoms with van der Waals surface area (Å²) in [5.41, 5.74) is 5.12. The highest BCUT2D eigenvalue weighted by Crippen LogP contribution is 2.31. The van der Waals surface area contributed by atoms with Gasteiger partial charge in [-0.3, -0.25) is 5.43 Å². The molecule has 0 aliphatic rings. The lowest BCUT2D eigenvalue weighted by molar-refractivity contribution is 0.628. The Morgan fingerprint density at radius 1 is 0.929 bits per heavy atom. The third-order valence-electron chi connectivity index (χ3n) is 4.03. The summed E-state index contributed by atoms with van der Waals surface area (Å²) in [6.45, 7) is 0. The van der Waals surface area contributed by atoms with E-state index in [1.807, 2.05) is 24.3 Å². The molecule has 0 spiro atoms. The lowest BCUT2D eigenvalue weighted by Crippen LogP contribution is -1.99. The summed E-state index contributed by atoms with van der Waals surface area (Å²) < 4.78 is 13.0. The van der Waals surface area contributed by atoms with E-state index in [-0.39, 0.29) is 5.82 Å². The van der Waals surface area contributed by atoms with Gasteiger partial charge in [-0.2, -0.15) is 5.10 Å². The van der Waals surface area contributed by atoms with Crippen LogP contribution in [0.2, 0.25) is 10.0 Å². The lowest BCUT2D eigenvalue weighted by Gasteiger charge is -2.09. The largest absolute Gasteiger partial charge is 0.261 e. The molecule has 1 N–H and O–H groups in total. The van der Waals surface area contributed by atoms with Gasteiger partial charge in [0.1, 0.15) is 5.82 Å². The molecule has 3 aromatic carbocycles. The number of hydrogen-bond acceptors (Lipinski definition) is 4. The van der Waals surface area contributed by atoms with E-state index < -0.39 is 0 Å². The van der Waals surface area contributed by atoms with Gasteiger partial charge in [0.25, 0.3) is 0 Å². The highest BCUT2D eigenvalue weighted by molar-refractivity contribution is 6.36. The number of nitrogens with zero attached hydrogens (tertiary/aromatic N) is 3. The van der Waals surface area contributed by atoms with Crippen LogP contribution in [-0.2, 0) is 0 Å². The predicted octanol–water partition coefficient (Wildman–Crippen LogP) is 6.19. The number of nitrogens with one attached hydrogen (secondary N) is 1. The van der Waals surface area contributed by atoms with Crippen molar-refractivity contribution in [3.63, 3.8) is 0 Å². The SMILES string of the molecule is Fc1ccc(/C=N/Nc2nc(-c3ccc(Cl)cc3Cl)nc3ccccc23)cc1. The van der Waals surface area contributed by atoms with Crippen molar-refractivity contribution in [1.29, 1.82) is 0 Å². The number of aromatic nitrogens is 2. The maximum absolute atomic E-state index is 13.0. The molecule has 0 fully saturated rings. The van der Waals surface area contributed by atoms with E-state index in [0.717, 1.165) is 16.5 Å². The van der Waals surface area contributed by atoms with Crippen LogP contribution in [0.4, 0.5) is 10.2 Å². The first-order chi connectivity index (χ1) is 13.6.